The molecule has 0 saturated heterocycles. The fraction of sp³-hybridized carbons (Fsp3) is 0.0769. The number of carbonyl (C=O) groups is 2. The maximum atomic E-state index is 10.9. The number of aromatic hydroxyl groups is 1. The van der Waals surface area contributed by atoms with E-state index in [2.05, 4.69) is 0 Å². The van der Waals surface area contributed by atoms with Gasteiger partial charge in [0.1, 0.15) is 11.5 Å². The maximum absolute atomic E-state index is 10.9. The molecule has 0 aliphatic carbocycles. The van der Waals surface area contributed by atoms with E-state index in [9.17, 15) is 14.7 Å². The highest BCUT2D eigenvalue weighted by molar-refractivity contribution is 6.01. The van der Waals surface area contributed by atoms with E-state index in [4.69, 9.17) is 9.84 Å². The number of hydrogen-bond donors (Lipinski definition) is 2. The minimum Gasteiger partial charge on any atom is -0.507 e. The van der Waals surface area contributed by atoms with Crippen LogP contribution in [0.4, 0.5) is 0 Å². The number of phenolic OH excluding ortho intramolecular Hbond substituents is 1. The molecule has 0 bridgehead atoms. The summed E-state index contributed by atoms with van der Waals surface area (Å²) in [5.74, 6) is -0.751. The normalized spacial score (nSPS) is 10.2. The number of carbonyl (C=O) groups excluding carboxylic acids is 1. The molecule has 18 heavy (non-hydrogen) atoms. The first-order valence-corrected chi connectivity index (χ1v) is 5.17. The van der Waals surface area contributed by atoms with Gasteiger partial charge in [-0.1, -0.05) is 6.07 Å². The predicted molar refractivity (Wildman–Crippen MR) is 64.1 cm³/mol. The van der Waals surface area contributed by atoms with E-state index in [1.165, 1.54) is 6.07 Å². The van der Waals surface area contributed by atoms with E-state index < -0.39 is 12.6 Å². The lowest BCUT2D eigenvalue weighted by atomic mass is 10.0. The second-order valence-corrected chi connectivity index (χ2v) is 3.68. The molecule has 0 aliphatic rings. The van der Waals surface area contributed by atoms with Crippen molar-refractivity contribution in [1.82, 2.24) is 0 Å². The lowest BCUT2D eigenvalue weighted by Gasteiger charge is -2.07. The summed E-state index contributed by atoms with van der Waals surface area (Å²) < 4.78 is 5.03. The average molecular weight is 246 g/mol. The van der Waals surface area contributed by atoms with Crippen molar-refractivity contribution < 1.29 is 24.5 Å². The van der Waals surface area contributed by atoms with Gasteiger partial charge in [-0.15, -0.1) is 0 Å². The zero-order valence-corrected chi connectivity index (χ0v) is 9.29. The second-order valence-electron chi connectivity index (χ2n) is 3.68. The molecular formula is C13H10O5. The van der Waals surface area contributed by atoms with Crippen LogP contribution in [0.25, 0.3) is 10.8 Å². The molecule has 0 fully saturated rings. The number of aldehydes is 1. The number of aliphatic carboxylic acids is 1. The molecule has 0 radical (unpaired) electrons. The minimum absolute atomic E-state index is 0.0864. The monoisotopic (exact) mass is 246 g/mol. The van der Waals surface area contributed by atoms with Crippen molar-refractivity contribution in [3.63, 3.8) is 0 Å². The van der Waals surface area contributed by atoms with Crippen LogP contribution in [0.15, 0.2) is 30.3 Å². The number of carboxylic acids is 1. The van der Waals surface area contributed by atoms with Crippen LogP contribution in [-0.4, -0.2) is 29.1 Å². The van der Waals surface area contributed by atoms with E-state index in [-0.39, 0.29) is 11.3 Å². The van der Waals surface area contributed by atoms with Gasteiger partial charge in [-0.25, -0.2) is 4.79 Å². The first kappa shape index (κ1) is 11.9. The van der Waals surface area contributed by atoms with Crippen LogP contribution in [-0.2, 0) is 4.79 Å². The summed E-state index contributed by atoms with van der Waals surface area (Å²) >= 11 is 0. The van der Waals surface area contributed by atoms with Crippen molar-refractivity contribution in [2.45, 2.75) is 0 Å². The van der Waals surface area contributed by atoms with Gasteiger partial charge < -0.3 is 14.9 Å². The fourth-order valence-corrected chi connectivity index (χ4v) is 1.68. The fourth-order valence-electron chi connectivity index (χ4n) is 1.68. The Morgan fingerprint density at radius 1 is 1.28 bits per heavy atom. The molecule has 92 valence electrons. The third kappa shape index (κ3) is 2.24. The van der Waals surface area contributed by atoms with Gasteiger partial charge in [0.2, 0.25) is 0 Å². The molecule has 0 spiro atoms. The highest BCUT2D eigenvalue weighted by Crippen LogP contribution is 2.28. The molecule has 5 nitrogen and oxygen atoms in total. The van der Waals surface area contributed by atoms with Gasteiger partial charge in [-0.2, -0.15) is 0 Å². The highest BCUT2D eigenvalue weighted by atomic mass is 16.5. The van der Waals surface area contributed by atoms with Gasteiger partial charge in [-0.05, 0) is 35.0 Å². The molecule has 0 aromatic heterocycles. The Morgan fingerprint density at radius 3 is 2.72 bits per heavy atom. The molecule has 0 atom stereocenters. The Bertz CT molecular complexity index is 618. The Morgan fingerprint density at radius 2 is 2.06 bits per heavy atom. The summed E-state index contributed by atoms with van der Waals surface area (Å²) in [5.41, 5.74) is 0.206. The largest absolute Gasteiger partial charge is 0.507 e. The summed E-state index contributed by atoms with van der Waals surface area (Å²) in [7, 11) is 0. The van der Waals surface area contributed by atoms with Crippen molar-refractivity contribution in [1.29, 1.82) is 0 Å². The molecule has 0 aliphatic heterocycles. The van der Waals surface area contributed by atoms with Gasteiger partial charge in [0.05, 0.1) is 5.56 Å². The Hall–Kier alpha value is -2.56. The van der Waals surface area contributed by atoms with Crippen molar-refractivity contribution in [3.05, 3.63) is 35.9 Å². The molecule has 0 unspecified atom stereocenters. The van der Waals surface area contributed by atoms with Crippen LogP contribution in [0, 0.1) is 0 Å². The van der Waals surface area contributed by atoms with E-state index in [1.807, 2.05) is 0 Å². The van der Waals surface area contributed by atoms with Crippen molar-refractivity contribution in [2.24, 2.45) is 0 Å². The molecule has 2 aromatic rings. The maximum Gasteiger partial charge on any atom is 0.341 e. The molecule has 2 aromatic carbocycles. The Kier molecular flexibility index (Phi) is 3.14. The summed E-state index contributed by atoms with van der Waals surface area (Å²) in [4.78, 5) is 21.2. The minimum atomic E-state index is -1.06. The summed E-state index contributed by atoms with van der Waals surface area (Å²) in [5, 5.41) is 19.3. The van der Waals surface area contributed by atoms with Crippen molar-refractivity contribution in [2.75, 3.05) is 6.61 Å². The lowest BCUT2D eigenvalue weighted by Crippen LogP contribution is -2.09. The highest BCUT2D eigenvalue weighted by Gasteiger charge is 2.07. The summed E-state index contributed by atoms with van der Waals surface area (Å²) in [6.45, 7) is -0.426. The number of benzene rings is 2. The van der Waals surface area contributed by atoms with Crippen LogP contribution in [0.5, 0.6) is 11.5 Å². The van der Waals surface area contributed by atoms with Crippen LogP contribution < -0.4 is 4.74 Å². The smallest absolute Gasteiger partial charge is 0.341 e. The van der Waals surface area contributed by atoms with Crippen LogP contribution in [0.3, 0.4) is 0 Å². The standard InChI is InChI=1S/C13H10O5/c14-6-11-10-3-2-9(18-7-13(16)17)5-8(10)1-4-12(11)15/h1-6,15H,7H2,(H,16,17). The summed E-state index contributed by atoms with van der Waals surface area (Å²) in [6, 6.07) is 7.82. The third-order valence-corrected chi connectivity index (χ3v) is 2.49. The molecule has 0 amide bonds. The van der Waals surface area contributed by atoms with Crippen LogP contribution in [0.1, 0.15) is 10.4 Å². The van der Waals surface area contributed by atoms with Crippen LogP contribution in [0.2, 0.25) is 0 Å². The van der Waals surface area contributed by atoms with Crippen molar-refractivity contribution >= 4 is 23.0 Å². The zero-order valence-electron chi connectivity index (χ0n) is 9.29. The van der Waals surface area contributed by atoms with Gasteiger partial charge in [0, 0.05) is 0 Å². The number of carboxylic acid groups (broad SMARTS) is 1. The van der Waals surface area contributed by atoms with E-state index in [0.717, 1.165) is 0 Å². The first-order valence-electron chi connectivity index (χ1n) is 5.17. The second kappa shape index (κ2) is 4.75. The Balaban J connectivity index is 2.44. The molecule has 5 heteroatoms. The third-order valence-electron chi connectivity index (χ3n) is 2.49. The van der Waals surface area contributed by atoms with E-state index in [1.54, 1.807) is 24.3 Å². The topological polar surface area (TPSA) is 83.8 Å². The summed E-state index contributed by atoms with van der Waals surface area (Å²) in [6.07, 6.45) is 0.579. The number of rotatable bonds is 4. The predicted octanol–water partition coefficient (Wildman–Crippen LogP) is 1.82. The molecule has 2 rings (SSSR count). The molecular weight excluding hydrogens is 236 g/mol. The molecule has 0 heterocycles. The number of ether oxygens (including phenoxy) is 1. The molecule has 0 saturated carbocycles. The average Bonchev–Trinajstić information content (AvgIpc) is 2.36. The van der Waals surface area contributed by atoms with Crippen molar-refractivity contribution in [3.8, 4) is 11.5 Å². The number of phenols is 1. The SMILES string of the molecule is O=Cc1c(O)ccc2cc(OCC(=O)O)ccc12. The van der Waals surface area contributed by atoms with Gasteiger partial charge in [0.15, 0.2) is 12.9 Å². The number of hydrogen-bond acceptors (Lipinski definition) is 4. The van der Waals surface area contributed by atoms with Gasteiger partial charge in [-0.3, -0.25) is 4.79 Å². The Labute approximate surface area is 102 Å². The lowest BCUT2D eigenvalue weighted by molar-refractivity contribution is -0.139. The van der Waals surface area contributed by atoms with E-state index >= 15 is 0 Å². The number of fused-ring (bicyclic) bond motifs is 1. The zero-order chi connectivity index (χ0) is 13.1. The van der Waals surface area contributed by atoms with Gasteiger partial charge in [0.25, 0.3) is 0 Å². The van der Waals surface area contributed by atoms with E-state index in [0.29, 0.717) is 22.8 Å². The quantitative estimate of drug-likeness (QED) is 0.804. The first-order chi connectivity index (χ1) is 8.61. The molecule has 2 N–H and O–H groups in total. The van der Waals surface area contributed by atoms with Gasteiger partial charge >= 0.3 is 5.97 Å². The van der Waals surface area contributed by atoms with Crippen LogP contribution >= 0.6 is 0 Å².